The quantitative estimate of drug-likeness (QED) is 0.0928. The number of nitrogens with one attached hydrogen (secondary N) is 5. The molecular formula is C77H122N12O11. The minimum atomic E-state index is -0.552. The summed E-state index contributed by atoms with van der Waals surface area (Å²) in [4.78, 5) is 90.9. The second-order valence-corrected chi connectivity index (χ2v) is 34.6. The van der Waals surface area contributed by atoms with E-state index in [0.717, 1.165) is 167 Å². The zero-order chi connectivity index (χ0) is 73.7. The molecule has 0 bridgehead atoms. The van der Waals surface area contributed by atoms with Crippen LogP contribution in [-0.4, -0.2) is 205 Å². The predicted molar refractivity (Wildman–Crippen MR) is 398 cm³/mol. The molecule has 7 heterocycles. The fraction of sp³-hybridized carbons (Fsp3) is 0.688. The van der Waals surface area contributed by atoms with Crippen molar-refractivity contribution in [3.05, 3.63) is 81.8 Å². The maximum Gasteiger partial charge on any atom is 0.412 e. The molecule has 6 aliphatic heterocycles. The van der Waals surface area contributed by atoms with Crippen LogP contribution in [0.2, 0.25) is 0 Å². The number of imidazole rings is 1. The van der Waals surface area contributed by atoms with Gasteiger partial charge in [-0.05, 0) is 256 Å². The van der Waals surface area contributed by atoms with Gasteiger partial charge in [0.1, 0.15) is 28.0 Å². The van der Waals surface area contributed by atoms with Crippen molar-refractivity contribution in [1.82, 2.24) is 39.0 Å². The highest BCUT2D eigenvalue weighted by atomic mass is 16.6. The van der Waals surface area contributed by atoms with Gasteiger partial charge in [-0.25, -0.2) is 28.8 Å². The molecule has 0 saturated carbocycles. The van der Waals surface area contributed by atoms with E-state index in [0.29, 0.717) is 31.7 Å². The molecule has 0 aliphatic carbocycles. The van der Waals surface area contributed by atoms with E-state index in [1.165, 1.54) is 0 Å². The van der Waals surface area contributed by atoms with Crippen molar-refractivity contribution in [2.24, 2.45) is 0 Å². The molecule has 10 rings (SSSR count). The molecule has 23 heteroatoms. The molecule has 23 nitrogen and oxygen atoms in total. The van der Waals surface area contributed by atoms with Crippen molar-refractivity contribution < 1.29 is 47.7 Å². The number of carbonyl (C=O) groups is 5. The molecule has 100 heavy (non-hydrogen) atoms. The lowest BCUT2D eigenvalue weighted by molar-refractivity contribution is 0.0216. The van der Waals surface area contributed by atoms with Crippen LogP contribution in [-0.2, 0) is 23.7 Å². The van der Waals surface area contributed by atoms with Crippen molar-refractivity contribution in [2.75, 3.05) is 99.8 Å². The molecule has 3 aromatic carbocycles. The molecular weight excluding hydrogens is 1270 g/mol. The number of aryl methyl sites for hydroxylation is 3. The fourth-order valence-electron chi connectivity index (χ4n) is 14.5. The third-order valence-corrected chi connectivity index (χ3v) is 19.6. The fourth-order valence-corrected chi connectivity index (χ4v) is 14.5. The normalized spacial score (nSPS) is 22.7. The molecule has 1 aromatic heterocycles. The number of H-pyrrole nitrogens is 1. The lowest BCUT2D eigenvalue weighted by Crippen LogP contribution is -2.53. The molecule has 3 unspecified atom stereocenters. The van der Waals surface area contributed by atoms with Gasteiger partial charge in [-0.3, -0.25) is 29.9 Å². The molecule has 5 amide bonds. The van der Waals surface area contributed by atoms with Gasteiger partial charge >= 0.3 is 36.2 Å². The number of piperidine rings is 3. The van der Waals surface area contributed by atoms with Crippen molar-refractivity contribution in [3.63, 3.8) is 0 Å². The summed E-state index contributed by atoms with van der Waals surface area (Å²) >= 11 is 0. The molecule has 0 spiro atoms. The monoisotopic (exact) mass is 1390 g/mol. The first kappa shape index (κ1) is 78.5. The van der Waals surface area contributed by atoms with Crippen LogP contribution in [0.15, 0.2) is 59.4 Å². The van der Waals surface area contributed by atoms with E-state index in [2.05, 4.69) is 80.8 Å². The van der Waals surface area contributed by atoms with E-state index in [9.17, 15) is 28.8 Å². The van der Waals surface area contributed by atoms with E-state index >= 15 is 0 Å². The standard InChI is InChI=1S/2C27H44N4O4.C23H34N4O3/c1-19-9-10-21(29-23(32)34-25(2,3)4)22(17-19)28-20-11-14-31(15-12-20)27(8)13-16-30(18-27)24(33)35-26(5,6)7;1-19-9-10-21(22(17-19)29-23(32)34-25(2,3)4)28-20-11-14-31(15-12-20)27(8)13-16-30(18-27)24(33)35-26(5,6)7;1-16-6-7-18-19(14-16)27(20(28)24-18)17-8-11-26(12-9-17)23(5)10-13-25(15-23)21(29)30-22(2,3)4/h2*9-10,17,20,28H,11-16,18H2,1-8H3,(H,29,32);6-7,14,17H,8-13,15H2,1-5H3,(H,24,28). The lowest BCUT2D eigenvalue weighted by atomic mass is 9.93. The molecule has 556 valence electrons. The summed E-state index contributed by atoms with van der Waals surface area (Å²) in [5, 5.41) is 13.1. The first-order valence-corrected chi connectivity index (χ1v) is 36.5. The van der Waals surface area contributed by atoms with Crippen molar-refractivity contribution in [2.45, 2.75) is 266 Å². The van der Waals surface area contributed by atoms with Crippen molar-refractivity contribution in [3.8, 4) is 0 Å². The number of ether oxygens (including phenoxy) is 5. The van der Waals surface area contributed by atoms with Crippen LogP contribution in [0.5, 0.6) is 0 Å². The Kier molecular flexibility index (Phi) is 24.5. The van der Waals surface area contributed by atoms with Crippen molar-refractivity contribution in [1.29, 1.82) is 0 Å². The summed E-state index contributed by atoms with van der Waals surface area (Å²) in [5.74, 6) is 0. The van der Waals surface area contributed by atoms with Crippen LogP contribution in [0, 0.1) is 20.8 Å². The van der Waals surface area contributed by atoms with Gasteiger partial charge in [0.2, 0.25) is 0 Å². The van der Waals surface area contributed by atoms with Gasteiger partial charge in [0.15, 0.2) is 0 Å². The smallest absolute Gasteiger partial charge is 0.412 e. The Labute approximate surface area is 595 Å². The van der Waals surface area contributed by atoms with E-state index in [1.807, 2.05) is 179 Å². The number of hydrogen-bond donors (Lipinski definition) is 5. The number of hydrogen-bond acceptors (Lipinski definition) is 16. The first-order chi connectivity index (χ1) is 46.3. The Morgan fingerprint density at radius 2 is 0.750 bits per heavy atom. The summed E-state index contributed by atoms with van der Waals surface area (Å²) in [6.07, 6.45) is 7.10. The van der Waals surface area contributed by atoms with Gasteiger partial charge in [0.05, 0.1) is 33.8 Å². The van der Waals surface area contributed by atoms with Gasteiger partial charge in [0.25, 0.3) is 0 Å². The third-order valence-electron chi connectivity index (χ3n) is 19.6. The van der Waals surface area contributed by atoms with E-state index in [-0.39, 0.29) is 46.6 Å². The number of benzene rings is 3. The Balaban J connectivity index is 0.000000191. The highest BCUT2D eigenvalue weighted by Gasteiger charge is 2.46. The molecule has 5 N–H and O–H groups in total. The second kappa shape index (κ2) is 31.2. The molecule has 4 aromatic rings. The van der Waals surface area contributed by atoms with Crippen LogP contribution in [0.1, 0.15) is 205 Å². The Hall–Kier alpha value is -7.24. The number of rotatable bonds is 10. The molecule has 3 atom stereocenters. The van der Waals surface area contributed by atoms with Gasteiger partial charge in [-0.15, -0.1) is 0 Å². The highest BCUT2D eigenvalue weighted by Crippen LogP contribution is 2.38. The third kappa shape index (κ3) is 22.1. The van der Waals surface area contributed by atoms with E-state index in [1.54, 1.807) is 0 Å². The van der Waals surface area contributed by atoms with Gasteiger partial charge in [-0.2, -0.15) is 0 Å². The Morgan fingerprint density at radius 3 is 1.14 bits per heavy atom. The molecule has 6 fully saturated rings. The highest BCUT2D eigenvalue weighted by molar-refractivity contribution is 5.91. The van der Waals surface area contributed by atoms with Crippen LogP contribution in [0.3, 0.4) is 0 Å². The second-order valence-electron chi connectivity index (χ2n) is 34.6. The number of carbonyl (C=O) groups excluding carboxylic acids is 5. The van der Waals surface area contributed by atoms with Crippen LogP contribution in [0.25, 0.3) is 11.0 Å². The summed E-state index contributed by atoms with van der Waals surface area (Å²) in [5.41, 5.74) is 5.89. The SMILES string of the molecule is Cc1ccc(NC(=O)OC(C)(C)C)c(NC2CCN(C3(C)CCN(C(=O)OC(C)(C)C)C3)CC2)c1.Cc1ccc(NC2CCN(C3(C)CCN(C(=O)OC(C)(C)C)C3)CC2)c(NC(=O)OC(C)(C)C)c1.Cc1ccc2[nH]c(=O)n(C3CCN(C4(C)CCN(C(=O)OC(C)(C)C)C4)CC3)c2c1. The molecule has 6 saturated heterocycles. The number of amides is 5. The number of aromatic nitrogens is 2. The number of anilines is 4. The Morgan fingerprint density at radius 1 is 0.420 bits per heavy atom. The number of aromatic amines is 1. The number of nitrogens with zero attached hydrogens (tertiary/aromatic N) is 7. The molecule has 0 radical (unpaired) electrons. The maximum atomic E-state index is 12.6. The summed E-state index contributed by atoms with van der Waals surface area (Å²) in [7, 11) is 0. The van der Waals surface area contributed by atoms with Crippen molar-refractivity contribution >= 4 is 64.2 Å². The van der Waals surface area contributed by atoms with Gasteiger partial charge < -0.3 is 54.0 Å². The minimum absolute atomic E-state index is 0.0165. The van der Waals surface area contributed by atoms with E-state index < -0.39 is 40.2 Å². The average Bonchev–Trinajstić information content (AvgIpc) is 1.55. The Bertz CT molecular complexity index is 3550. The van der Waals surface area contributed by atoms with Crippen LogP contribution < -0.4 is 27.0 Å². The maximum absolute atomic E-state index is 12.6. The average molecular weight is 1390 g/mol. The summed E-state index contributed by atoms with van der Waals surface area (Å²) < 4.78 is 29.5. The molecule has 6 aliphatic rings. The van der Waals surface area contributed by atoms with E-state index in [4.69, 9.17) is 23.7 Å². The predicted octanol–water partition coefficient (Wildman–Crippen LogP) is 14.9. The van der Waals surface area contributed by atoms with Crippen LogP contribution >= 0.6 is 0 Å². The van der Waals surface area contributed by atoms with Gasteiger partial charge in [0, 0.05) is 113 Å². The lowest BCUT2D eigenvalue weighted by Gasteiger charge is -2.43. The topological polar surface area (TPSA) is 237 Å². The number of likely N-dealkylation sites (tertiary alicyclic amines) is 6. The van der Waals surface area contributed by atoms with Gasteiger partial charge in [-0.1, -0.05) is 18.2 Å². The zero-order valence-electron chi connectivity index (χ0n) is 64.4. The summed E-state index contributed by atoms with van der Waals surface area (Å²) in [6, 6.07) is 18.9. The minimum Gasteiger partial charge on any atom is -0.444 e. The number of fused-ring (bicyclic) bond motifs is 1. The zero-order valence-corrected chi connectivity index (χ0v) is 64.4. The van der Waals surface area contributed by atoms with Crippen LogP contribution in [0.4, 0.5) is 46.7 Å². The largest absolute Gasteiger partial charge is 0.444 e. The summed E-state index contributed by atoms with van der Waals surface area (Å²) in [6.45, 7) is 51.1. The first-order valence-electron chi connectivity index (χ1n) is 36.5.